The molecule has 322 valence electrons. The largest absolute Gasteiger partial charge is 0.368 e. The fraction of sp³-hybridized carbons (Fsp3) is 0.500. The Morgan fingerprint density at radius 2 is 1.82 bits per heavy atom. The lowest BCUT2D eigenvalue weighted by molar-refractivity contribution is -0.139. The van der Waals surface area contributed by atoms with Crippen LogP contribution in [0.4, 0.5) is 5.82 Å². The van der Waals surface area contributed by atoms with Gasteiger partial charge in [-0.05, 0) is 131 Å². The molecule has 2 unspecified atom stereocenters. The topological polar surface area (TPSA) is 164 Å². The van der Waals surface area contributed by atoms with Gasteiger partial charge in [-0.1, -0.05) is 42.4 Å². The average molecular weight is 828 g/mol. The van der Waals surface area contributed by atoms with E-state index >= 15 is 0 Å². The molecule has 5 heterocycles. The van der Waals surface area contributed by atoms with Crippen molar-refractivity contribution in [2.75, 3.05) is 44.6 Å². The number of aromatic amines is 1. The molecule has 4 atom stereocenters. The summed E-state index contributed by atoms with van der Waals surface area (Å²) in [7, 11) is 0. The van der Waals surface area contributed by atoms with E-state index < -0.39 is 12.1 Å². The lowest BCUT2D eigenvalue weighted by Crippen LogP contribution is -2.58. The van der Waals surface area contributed by atoms with Gasteiger partial charge in [0, 0.05) is 61.5 Å². The van der Waals surface area contributed by atoms with Crippen molar-refractivity contribution in [3.05, 3.63) is 101 Å². The molecule has 0 spiro atoms. The van der Waals surface area contributed by atoms with E-state index in [1.165, 1.54) is 0 Å². The van der Waals surface area contributed by atoms with Gasteiger partial charge in [-0.15, -0.1) is 0 Å². The number of hydrogen-bond donors (Lipinski definition) is 5. The molecule has 4 amide bonds. The highest BCUT2D eigenvalue weighted by Gasteiger charge is 2.35. The maximum absolute atomic E-state index is 14.6. The van der Waals surface area contributed by atoms with E-state index in [9.17, 15) is 19.2 Å². The minimum absolute atomic E-state index is 0.0250. The third-order valence-corrected chi connectivity index (χ3v) is 13.4. The highest BCUT2D eigenvalue weighted by Crippen LogP contribution is 2.37. The number of piperazine rings is 1. The standard InChI is InChI=1S/C48H61N9O4/c1-32-26-36(27-37-31-51-55-44(32)37)29-41(52-43(58)30-34-9-6-8-33(13-14-34)15-16-40-39-12-7-19-50-45(39)54-46(40)59)47(60)53-42(28-35-17-20-49-21-18-35)48(61)57-24-22-56(23-25-57)38-10-4-2-3-5-11-38/h2,4-5,7,10-12,19,26-27,30-31,33,35,40-42,49H,3,6,8-9,13-18,20-25,28-29H2,1H3,(H,51,55)(H,52,58)(H,53,60)(H,50,54,59)/b34-30-/t33?,40?,41-,42+/m1/s1. The predicted molar refractivity (Wildman–Crippen MR) is 237 cm³/mol. The summed E-state index contributed by atoms with van der Waals surface area (Å²) in [6.07, 6.45) is 25.7. The van der Waals surface area contributed by atoms with Crippen molar-refractivity contribution in [1.29, 1.82) is 0 Å². The molecule has 8 rings (SSSR count). The van der Waals surface area contributed by atoms with Crippen molar-refractivity contribution in [3.63, 3.8) is 0 Å². The Morgan fingerprint density at radius 3 is 2.67 bits per heavy atom. The van der Waals surface area contributed by atoms with E-state index in [1.807, 2.05) is 36.1 Å². The summed E-state index contributed by atoms with van der Waals surface area (Å²) in [5, 5.41) is 20.9. The van der Waals surface area contributed by atoms with Crippen LogP contribution >= 0.6 is 0 Å². The van der Waals surface area contributed by atoms with E-state index in [0.717, 1.165) is 129 Å². The second-order valence-electron chi connectivity index (χ2n) is 17.6. The molecule has 2 aliphatic carbocycles. The molecule has 1 aromatic carbocycles. The predicted octanol–water partition coefficient (Wildman–Crippen LogP) is 5.74. The zero-order chi connectivity index (χ0) is 42.1. The number of benzene rings is 1. The van der Waals surface area contributed by atoms with E-state index in [2.05, 4.69) is 71.7 Å². The van der Waals surface area contributed by atoms with Gasteiger partial charge >= 0.3 is 0 Å². The number of allylic oxidation sites excluding steroid dienone is 6. The Bertz CT molecular complexity index is 2190. The fourth-order valence-electron chi connectivity index (χ4n) is 9.95. The number of carbonyl (C=O) groups excluding carboxylic acids is 4. The average Bonchev–Trinajstić information content (AvgIpc) is 3.66. The van der Waals surface area contributed by atoms with Crippen LogP contribution in [-0.4, -0.2) is 100.0 Å². The third kappa shape index (κ3) is 10.7. The lowest BCUT2D eigenvalue weighted by Gasteiger charge is -2.39. The summed E-state index contributed by atoms with van der Waals surface area (Å²) in [5.74, 6) is 0.596. The third-order valence-electron chi connectivity index (χ3n) is 13.4. The van der Waals surface area contributed by atoms with Crippen molar-refractivity contribution in [2.24, 2.45) is 11.8 Å². The number of nitrogens with one attached hydrogen (secondary N) is 5. The summed E-state index contributed by atoms with van der Waals surface area (Å²) >= 11 is 0. The van der Waals surface area contributed by atoms with Gasteiger partial charge in [0.25, 0.3) is 0 Å². The number of nitrogens with zero attached hydrogens (tertiary/aromatic N) is 4. The molecule has 2 aromatic heterocycles. The van der Waals surface area contributed by atoms with E-state index in [-0.39, 0.29) is 36.0 Å². The molecule has 3 aromatic rings. The van der Waals surface area contributed by atoms with Gasteiger partial charge in [-0.2, -0.15) is 5.10 Å². The number of pyridine rings is 1. The van der Waals surface area contributed by atoms with Gasteiger partial charge in [0.05, 0.1) is 17.6 Å². The second kappa shape index (κ2) is 19.9. The van der Waals surface area contributed by atoms with Gasteiger partial charge in [0.1, 0.15) is 17.9 Å². The Balaban J connectivity index is 0.947. The number of H-pyrrole nitrogens is 1. The van der Waals surface area contributed by atoms with Gasteiger partial charge in [0.15, 0.2) is 0 Å². The molecule has 0 radical (unpaired) electrons. The molecule has 3 aliphatic heterocycles. The molecule has 1 saturated carbocycles. The number of aryl methyl sites for hydroxylation is 1. The monoisotopic (exact) mass is 827 g/mol. The summed E-state index contributed by atoms with van der Waals surface area (Å²) in [6.45, 7) is 6.38. The molecule has 13 heteroatoms. The van der Waals surface area contributed by atoms with E-state index in [1.54, 1.807) is 18.5 Å². The number of aromatic nitrogens is 3. The Kier molecular flexibility index (Phi) is 13.7. The van der Waals surface area contributed by atoms with Crippen LogP contribution in [0.25, 0.3) is 10.9 Å². The van der Waals surface area contributed by atoms with Crippen molar-refractivity contribution >= 4 is 40.3 Å². The first kappa shape index (κ1) is 42.1. The Morgan fingerprint density at radius 1 is 0.967 bits per heavy atom. The quantitative estimate of drug-likeness (QED) is 0.108. The highest BCUT2D eigenvalue weighted by atomic mass is 16.2. The molecule has 5 N–H and O–H groups in total. The minimum Gasteiger partial charge on any atom is -0.368 e. The van der Waals surface area contributed by atoms with Crippen LogP contribution in [0.5, 0.6) is 0 Å². The number of carbonyl (C=O) groups is 4. The van der Waals surface area contributed by atoms with Crippen molar-refractivity contribution in [1.82, 2.24) is 40.9 Å². The molecule has 5 aliphatic rings. The lowest BCUT2D eigenvalue weighted by atomic mass is 9.88. The van der Waals surface area contributed by atoms with Crippen molar-refractivity contribution < 1.29 is 19.2 Å². The maximum atomic E-state index is 14.6. The number of rotatable bonds is 13. The molecule has 0 bridgehead atoms. The number of anilines is 1. The van der Waals surface area contributed by atoms with Crippen LogP contribution in [0.1, 0.15) is 93.2 Å². The zero-order valence-electron chi connectivity index (χ0n) is 35.5. The van der Waals surface area contributed by atoms with Gasteiger partial charge in [0.2, 0.25) is 23.6 Å². The van der Waals surface area contributed by atoms with E-state index in [0.29, 0.717) is 37.2 Å². The molecule has 2 saturated heterocycles. The number of fused-ring (bicyclic) bond motifs is 2. The summed E-state index contributed by atoms with van der Waals surface area (Å²) in [5.41, 5.74) is 6.06. The fourth-order valence-corrected chi connectivity index (χ4v) is 9.95. The van der Waals surface area contributed by atoms with Gasteiger partial charge in [-0.25, -0.2) is 4.98 Å². The molecule has 61 heavy (non-hydrogen) atoms. The van der Waals surface area contributed by atoms with Crippen LogP contribution in [0.3, 0.4) is 0 Å². The Hall–Kier alpha value is -5.56. The molecular weight excluding hydrogens is 767 g/mol. The SMILES string of the molecule is Cc1cc(C[C@@H](NC(=O)/C=C2/CCCC(CCC3C(=O)Nc4ncccc43)CC2)C(=O)N[C@@H](CC2CCNCC2)C(=O)N2CCN(C3=CC=CCC=C3)CC2)cc2cn[nH]c12. The smallest absolute Gasteiger partial charge is 0.245 e. The summed E-state index contributed by atoms with van der Waals surface area (Å²) in [6, 6.07) is 6.33. The van der Waals surface area contributed by atoms with Crippen LogP contribution in [-0.2, 0) is 25.6 Å². The minimum atomic E-state index is -0.899. The van der Waals surface area contributed by atoms with Gasteiger partial charge < -0.3 is 31.1 Å². The van der Waals surface area contributed by atoms with Crippen LogP contribution in [0.2, 0.25) is 0 Å². The number of piperidine rings is 1. The number of amides is 4. The number of hydrogen-bond acceptors (Lipinski definition) is 8. The summed E-state index contributed by atoms with van der Waals surface area (Å²) in [4.78, 5) is 64.2. The van der Waals surface area contributed by atoms with E-state index in [4.69, 9.17) is 0 Å². The first-order valence-corrected chi connectivity index (χ1v) is 22.5. The first-order chi connectivity index (χ1) is 29.8. The Labute approximate surface area is 359 Å². The molecule has 13 nitrogen and oxygen atoms in total. The highest BCUT2D eigenvalue weighted by molar-refractivity contribution is 6.01. The van der Waals surface area contributed by atoms with Crippen LogP contribution in [0, 0.1) is 18.8 Å². The maximum Gasteiger partial charge on any atom is 0.245 e. The summed E-state index contributed by atoms with van der Waals surface area (Å²) < 4.78 is 0. The van der Waals surface area contributed by atoms with Gasteiger partial charge in [-0.3, -0.25) is 24.3 Å². The molecular formula is C48H61N9O4. The normalized spacial score (nSPS) is 22.5. The van der Waals surface area contributed by atoms with Crippen molar-refractivity contribution in [2.45, 2.75) is 102 Å². The van der Waals surface area contributed by atoms with Crippen LogP contribution < -0.4 is 21.3 Å². The first-order valence-electron chi connectivity index (χ1n) is 22.5. The molecule has 3 fully saturated rings. The second-order valence-corrected chi connectivity index (χ2v) is 17.6. The van der Waals surface area contributed by atoms with Crippen LogP contribution in [0.15, 0.2) is 84.4 Å². The van der Waals surface area contributed by atoms with Crippen molar-refractivity contribution in [3.8, 4) is 0 Å². The zero-order valence-corrected chi connectivity index (χ0v) is 35.5.